The SMILES string of the molecule is CN([C@]1(c2ccccc2)CCCCC1=O)S(=O)(=O)c1cncc(Cl)c1. The van der Waals surface area contributed by atoms with Crippen molar-refractivity contribution in [1.29, 1.82) is 0 Å². The van der Waals surface area contributed by atoms with E-state index in [4.69, 9.17) is 11.6 Å². The summed E-state index contributed by atoms with van der Waals surface area (Å²) in [6.45, 7) is 0. The first-order valence-electron chi connectivity index (χ1n) is 8.07. The number of hydrogen-bond acceptors (Lipinski definition) is 4. The van der Waals surface area contributed by atoms with Gasteiger partial charge in [-0.25, -0.2) is 8.42 Å². The summed E-state index contributed by atoms with van der Waals surface area (Å²) < 4.78 is 27.6. The molecule has 0 N–H and O–H groups in total. The number of nitrogens with zero attached hydrogens (tertiary/aromatic N) is 2. The summed E-state index contributed by atoms with van der Waals surface area (Å²) in [4.78, 5) is 16.8. The minimum atomic E-state index is -3.94. The third-order valence-corrected chi connectivity index (χ3v) is 6.84. The van der Waals surface area contributed by atoms with E-state index < -0.39 is 15.6 Å². The highest BCUT2D eigenvalue weighted by Gasteiger charge is 2.49. The minimum absolute atomic E-state index is 0.0174. The molecule has 1 fully saturated rings. The molecule has 1 heterocycles. The number of sulfonamides is 1. The van der Waals surface area contributed by atoms with Crippen LogP contribution in [0, 0.1) is 0 Å². The third-order valence-electron chi connectivity index (χ3n) is 4.78. The summed E-state index contributed by atoms with van der Waals surface area (Å²) in [5.74, 6) is -0.0778. The van der Waals surface area contributed by atoms with Crippen molar-refractivity contribution in [3.63, 3.8) is 0 Å². The number of Topliss-reactive ketones (excluding diaryl/α,β-unsaturated/α-hetero) is 1. The molecular formula is C18H19ClN2O3S. The number of benzene rings is 1. The van der Waals surface area contributed by atoms with E-state index in [0.717, 1.165) is 12.8 Å². The Kier molecular flexibility index (Phi) is 4.95. The molecule has 0 amide bonds. The van der Waals surface area contributed by atoms with Crippen molar-refractivity contribution in [2.24, 2.45) is 0 Å². The highest BCUT2D eigenvalue weighted by molar-refractivity contribution is 7.89. The molecule has 0 unspecified atom stereocenters. The van der Waals surface area contributed by atoms with E-state index in [2.05, 4.69) is 4.98 Å². The monoisotopic (exact) mass is 378 g/mol. The van der Waals surface area contributed by atoms with E-state index in [-0.39, 0.29) is 15.7 Å². The molecule has 2 aromatic rings. The molecule has 1 aliphatic carbocycles. The van der Waals surface area contributed by atoms with Crippen molar-refractivity contribution in [2.45, 2.75) is 36.1 Å². The molecule has 0 spiro atoms. The lowest BCUT2D eigenvalue weighted by atomic mass is 9.75. The van der Waals surface area contributed by atoms with Gasteiger partial charge in [-0.1, -0.05) is 48.4 Å². The number of halogens is 1. The van der Waals surface area contributed by atoms with Crippen LogP contribution in [-0.2, 0) is 20.4 Å². The predicted molar refractivity (Wildman–Crippen MR) is 95.8 cm³/mol. The van der Waals surface area contributed by atoms with Gasteiger partial charge in [-0.15, -0.1) is 0 Å². The van der Waals surface area contributed by atoms with Crippen molar-refractivity contribution in [3.05, 3.63) is 59.4 Å². The van der Waals surface area contributed by atoms with Crippen molar-refractivity contribution in [2.75, 3.05) is 7.05 Å². The van der Waals surface area contributed by atoms with Gasteiger partial charge in [0.25, 0.3) is 0 Å². The number of likely N-dealkylation sites (N-methyl/N-ethyl adjacent to an activating group) is 1. The largest absolute Gasteiger partial charge is 0.297 e. The Morgan fingerprint density at radius 3 is 2.52 bits per heavy atom. The van der Waals surface area contributed by atoms with Crippen LogP contribution in [0.15, 0.2) is 53.7 Å². The summed E-state index contributed by atoms with van der Waals surface area (Å²) in [6.07, 6.45) is 5.01. The second kappa shape index (κ2) is 6.86. The number of ketones is 1. The summed E-state index contributed by atoms with van der Waals surface area (Å²) in [5, 5.41) is 0.234. The second-order valence-corrected chi connectivity index (χ2v) is 8.57. The average molecular weight is 379 g/mol. The van der Waals surface area contributed by atoms with Crippen LogP contribution in [0.2, 0.25) is 5.02 Å². The van der Waals surface area contributed by atoms with E-state index in [1.165, 1.54) is 29.8 Å². The lowest BCUT2D eigenvalue weighted by Crippen LogP contribution is -2.54. The van der Waals surface area contributed by atoms with Gasteiger partial charge >= 0.3 is 0 Å². The lowest BCUT2D eigenvalue weighted by Gasteiger charge is -2.42. The van der Waals surface area contributed by atoms with Crippen molar-refractivity contribution in [3.8, 4) is 0 Å². The van der Waals surface area contributed by atoms with Gasteiger partial charge < -0.3 is 0 Å². The molecule has 0 bridgehead atoms. The normalized spacial score (nSPS) is 21.5. The zero-order chi connectivity index (χ0) is 18.1. The minimum Gasteiger partial charge on any atom is -0.297 e. The maximum absolute atomic E-state index is 13.2. The Labute approximate surface area is 152 Å². The summed E-state index contributed by atoms with van der Waals surface area (Å²) in [5.41, 5.74) is -0.499. The van der Waals surface area contributed by atoms with E-state index >= 15 is 0 Å². The lowest BCUT2D eigenvalue weighted by molar-refractivity contribution is -0.131. The molecule has 0 saturated heterocycles. The fraction of sp³-hybridized carbons (Fsp3) is 0.333. The molecule has 1 aliphatic rings. The van der Waals surface area contributed by atoms with Crippen molar-refractivity contribution >= 4 is 27.4 Å². The zero-order valence-corrected chi connectivity index (χ0v) is 15.4. The van der Waals surface area contributed by atoms with Gasteiger partial charge in [0.05, 0.1) is 5.02 Å². The molecular weight excluding hydrogens is 360 g/mol. The maximum Gasteiger partial charge on any atom is 0.245 e. The van der Waals surface area contributed by atoms with E-state index in [1.807, 2.05) is 30.3 Å². The Balaban J connectivity index is 2.15. The topological polar surface area (TPSA) is 67.3 Å². The summed E-state index contributed by atoms with van der Waals surface area (Å²) >= 11 is 5.91. The predicted octanol–water partition coefficient (Wildman–Crippen LogP) is 3.39. The standard InChI is InChI=1S/C18H19ClN2O3S/c1-21(25(23,24)16-11-15(19)12-20-13-16)18(10-6-5-9-17(18)22)14-7-3-2-4-8-14/h2-4,7-8,11-13H,5-6,9-10H2,1H3/t18-/m0/s1. The molecule has 132 valence electrons. The van der Waals surface area contributed by atoms with Gasteiger partial charge in [-0.05, 0) is 24.5 Å². The van der Waals surface area contributed by atoms with Crippen molar-refractivity contribution in [1.82, 2.24) is 9.29 Å². The van der Waals surface area contributed by atoms with Gasteiger partial charge in [-0.3, -0.25) is 9.78 Å². The summed E-state index contributed by atoms with van der Waals surface area (Å²) in [6, 6.07) is 10.5. The number of rotatable bonds is 4. The van der Waals surface area contributed by atoms with E-state index in [9.17, 15) is 13.2 Å². The third kappa shape index (κ3) is 3.10. The van der Waals surface area contributed by atoms with Crippen LogP contribution in [0.25, 0.3) is 0 Å². The summed E-state index contributed by atoms with van der Waals surface area (Å²) in [7, 11) is -2.47. The van der Waals surface area contributed by atoms with Crippen LogP contribution in [0.1, 0.15) is 31.2 Å². The molecule has 1 atom stereocenters. The fourth-order valence-corrected chi connectivity index (χ4v) is 5.18. The Bertz CT molecular complexity index is 886. The number of carbonyl (C=O) groups excluding carboxylic acids is 1. The molecule has 1 aromatic heterocycles. The van der Waals surface area contributed by atoms with Crippen LogP contribution in [0.5, 0.6) is 0 Å². The van der Waals surface area contributed by atoms with Crippen molar-refractivity contribution < 1.29 is 13.2 Å². The quantitative estimate of drug-likeness (QED) is 0.817. The fourth-order valence-electron chi connectivity index (χ4n) is 3.44. The molecule has 3 rings (SSSR count). The molecule has 5 nitrogen and oxygen atoms in total. The van der Waals surface area contributed by atoms with Gasteiger partial charge in [0.1, 0.15) is 10.4 Å². The maximum atomic E-state index is 13.2. The first-order valence-corrected chi connectivity index (χ1v) is 9.89. The number of hydrogen-bond donors (Lipinski definition) is 0. The highest BCUT2D eigenvalue weighted by Crippen LogP contribution is 2.41. The number of carbonyl (C=O) groups is 1. The van der Waals surface area contributed by atoms with E-state index in [1.54, 1.807) is 0 Å². The van der Waals surface area contributed by atoms with Crippen LogP contribution in [0.4, 0.5) is 0 Å². The average Bonchev–Trinajstić information content (AvgIpc) is 2.62. The van der Waals surface area contributed by atoms with Crippen LogP contribution in [0.3, 0.4) is 0 Å². The van der Waals surface area contributed by atoms with Gasteiger partial charge in [0.2, 0.25) is 10.0 Å². The molecule has 0 radical (unpaired) electrons. The van der Waals surface area contributed by atoms with Crippen LogP contribution in [-0.4, -0.2) is 30.5 Å². The van der Waals surface area contributed by atoms with Gasteiger partial charge in [0.15, 0.2) is 5.78 Å². The number of pyridine rings is 1. The van der Waals surface area contributed by atoms with Gasteiger partial charge in [0, 0.05) is 25.9 Å². The molecule has 7 heteroatoms. The zero-order valence-electron chi connectivity index (χ0n) is 13.9. The van der Waals surface area contributed by atoms with Crippen LogP contribution < -0.4 is 0 Å². The highest BCUT2D eigenvalue weighted by atomic mass is 35.5. The smallest absolute Gasteiger partial charge is 0.245 e. The number of aromatic nitrogens is 1. The Hall–Kier alpha value is -1.76. The van der Waals surface area contributed by atoms with Crippen LogP contribution >= 0.6 is 11.6 Å². The first-order chi connectivity index (χ1) is 11.9. The molecule has 1 saturated carbocycles. The second-order valence-electron chi connectivity index (χ2n) is 6.17. The van der Waals surface area contributed by atoms with E-state index in [0.29, 0.717) is 18.4 Å². The Morgan fingerprint density at radius 2 is 1.88 bits per heavy atom. The van der Waals surface area contributed by atoms with Gasteiger partial charge in [-0.2, -0.15) is 4.31 Å². The first kappa shape index (κ1) is 18.0. The molecule has 0 aliphatic heterocycles. The molecule has 25 heavy (non-hydrogen) atoms. The molecule has 1 aromatic carbocycles. The Morgan fingerprint density at radius 1 is 1.16 bits per heavy atom.